The van der Waals surface area contributed by atoms with Gasteiger partial charge < -0.3 is 4.74 Å². The maximum absolute atomic E-state index is 13.8. The third kappa shape index (κ3) is 2.89. The highest BCUT2D eigenvalue weighted by molar-refractivity contribution is 6.44. The average molecular weight is 362 g/mol. The summed E-state index contributed by atoms with van der Waals surface area (Å²) in [5.74, 6) is -1.23. The minimum atomic E-state index is -1.68. The molecule has 4 nitrogen and oxygen atoms in total. The molecule has 0 unspecified atom stereocenters. The lowest BCUT2D eigenvalue weighted by atomic mass is 9.91. The van der Waals surface area contributed by atoms with E-state index in [2.05, 4.69) is 0 Å². The highest BCUT2D eigenvalue weighted by Gasteiger charge is 2.54. The van der Waals surface area contributed by atoms with Gasteiger partial charge in [0.05, 0.1) is 5.69 Å². The Morgan fingerprint density at radius 2 is 1.80 bits per heavy atom. The SMILES string of the molecule is CC(C)(C)OC(=O)N1C(=O)[C@@](Cl)(c2ccccc2)c2cc(F)ccc21. The van der Waals surface area contributed by atoms with Crippen molar-refractivity contribution < 1.29 is 18.7 Å². The fourth-order valence-electron chi connectivity index (χ4n) is 2.79. The van der Waals surface area contributed by atoms with E-state index in [0.29, 0.717) is 5.56 Å². The number of fused-ring (bicyclic) bond motifs is 1. The second-order valence-electron chi connectivity index (χ2n) is 6.81. The summed E-state index contributed by atoms with van der Waals surface area (Å²) in [7, 11) is 0. The number of anilines is 1. The largest absolute Gasteiger partial charge is 0.443 e. The van der Waals surface area contributed by atoms with Crippen LogP contribution >= 0.6 is 11.6 Å². The Hall–Kier alpha value is -2.40. The van der Waals surface area contributed by atoms with E-state index in [1.165, 1.54) is 18.2 Å². The van der Waals surface area contributed by atoms with Gasteiger partial charge in [0.15, 0.2) is 4.87 Å². The van der Waals surface area contributed by atoms with Crippen molar-refractivity contribution in [2.45, 2.75) is 31.2 Å². The van der Waals surface area contributed by atoms with Crippen molar-refractivity contribution in [3.05, 3.63) is 65.5 Å². The van der Waals surface area contributed by atoms with Gasteiger partial charge in [0.2, 0.25) is 0 Å². The van der Waals surface area contributed by atoms with E-state index in [4.69, 9.17) is 16.3 Å². The smallest absolute Gasteiger partial charge is 0.421 e. The van der Waals surface area contributed by atoms with E-state index in [0.717, 1.165) is 4.90 Å². The Morgan fingerprint density at radius 1 is 1.16 bits per heavy atom. The molecule has 0 saturated carbocycles. The van der Waals surface area contributed by atoms with Crippen LogP contribution in [-0.4, -0.2) is 17.6 Å². The zero-order chi connectivity index (χ0) is 18.4. The van der Waals surface area contributed by atoms with Crippen LogP contribution in [0.1, 0.15) is 31.9 Å². The van der Waals surface area contributed by atoms with Gasteiger partial charge in [-0.2, -0.15) is 0 Å². The molecule has 25 heavy (non-hydrogen) atoms. The number of amides is 2. The molecule has 130 valence electrons. The first-order chi connectivity index (χ1) is 11.6. The molecule has 1 aliphatic heterocycles. The monoisotopic (exact) mass is 361 g/mol. The summed E-state index contributed by atoms with van der Waals surface area (Å²) in [4.78, 5) is 24.9. The number of nitrogens with zero attached hydrogens (tertiary/aromatic N) is 1. The predicted octanol–water partition coefficient (Wildman–Crippen LogP) is 4.59. The summed E-state index contributed by atoms with van der Waals surface area (Å²) >= 11 is 6.69. The molecular weight excluding hydrogens is 345 g/mol. The van der Waals surface area contributed by atoms with Crippen molar-refractivity contribution in [2.75, 3.05) is 4.90 Å². The van der Waals surface area contributed by atoms with Crippen molar-refractivity contribution in [3.8, 4) is 0 Å². The van der Waals surface area contributed by atoms with Crippen molar-refractivity contribution >= 4 is 29.3 Å². The number of carbonyl (C=O) groups is 2. The standard InChI is InChI=1S/C19H17ClFNO3/c1-18(2,3)25-17(24)22-15-10-9-13(21)11-14(15)19(20,16(22)23)12-7-5-4-6-8-12/h4-11H,1-3H3/t19-/m1/s1. The number of alkyl halides is 1. The van der Waals surface area contributed by atoms with Gasteiger partial charge in [-0.15, -0.1) is 0 Å². The van der Waals surface area contributed by atoms with Crippen LogP contribution in [0, 0.1) is 5.82 Å². The maximum Gasteiger partial charge on any atom is 0.421 e. The quantitative estimate of drug-likeness (QED) is 0.698. The van der Waals surface area contributed by atoms with E-state index in [1.807, 2.05) is 0 Å². The summed E-state index contributed by atoms with van der Waals surface area (Å²) in [6, 6.07) is 12.3. The first-order valence-electron chi connectivity index (χ1n) is 7.76. The molecule has 0 fully saturated rings. The zero-order valence-corrected chi connectivity index (χ0v) is 14.8. The molecule has 0 aliphatic carbocycles. The molecule has 6 heteroatoms. The second-order valence-corrected chi connectivity index (χ2v) is 7.37. The van der Waals surface area contributed by atoms with Gasteiger partial charge in [-0.3, -0.25) is 4.79 Å². The highest BCUT2D eigenvalue weighted by Crippen LogP contribution is 2.49. The van der Waals surface area contributed by atoms with Crippen molar-refractivity contribution in [1.82, 2.24) is 0 Å². The van der Waals surface area contributed by atoms with E-state index in [1.54, 1.807) is 51.1 Å². The van der Waals surface area contributed by atoms with Gasteiger partial charge in [-0.05, 0) is 44.5 Å². The van der Waals surface area contributed by atoms with Crippen LogP contribution in [0.25, 0.3) is 0 Å². The molecule has 0 bridgehead atoms. The van der Waals surface area contributed by atoms with Gasteiger partial charge >= 0.3 is 6.09 Å². The molecule has 2 aromatic rings. The van der Waals surface area contributed by atoms with Gasteiger partial charge in [0.1, 0.15) is 11.4 Å². The number of halogens is 2. The van der Waals surface area contributed by atoms with Crippen molar-refractivity contribution in [2.24, 2.45) is 0 Å². The first kappa shape index (κ1) is 17.4. The van der Waals surface area contributed by atoms with Crippen molar-refractivity contribution in [1.29, 1.82) is 0 Å². The number of hydrogen-bond donors (Lipinski definition) is 0. The number of hydrogen-bond acceptors (Lipinski definition) is 3. The maximum atomic E-state index is 13.8. The molecule has 0 N–H and O–H groups in total. The summed E-state index contributed by atoms with van der Waals surface area (Å²) in [5, 5.41) is 0. The Bertz CT molecular complexity index is 847. The molecule has 0 spiro atoms. The van der Waals surface area contributed by atoms with Crippen molar-refractivity contribution in [3.63, 3.8) is 0 Å². The third-order valence-electron chi connectivity index (χ3n) is 3.82. The summed E-state index contributed by atoms with van der Waals surface area (Å²) in [6.07, 6.45) is -0.844. The van der Waals surface area contributed by atoms with Crippen LogP contribution in [0.2, 0.25) is 0 Å². The van der Waals surface area contributed by atoms with E-state index < -0.39 is 28.3 Å². The molecule has 2 amide bonds. The number of carbonyl (C=O) groups excluding carboxylic acids is 2. The zero-order valence-electron chi connectivity index (χ0n) is 14.0. The second kappa shape index (κ2) is 5.85. The fourth-order valence-corrected chi connectivity index (χ4v) is 3.16. The van der Waals surface area contributed by atoms with Crippen LogP contribution in [0.4, 0.5) is 14.9 Å². The molecule has 0 radical (unpaired) electrons. The molecule has 0 saturated heterocycles. The van der Waals surface area contributed by atoms with Gasteiger partial charge in [-0.1, -0.05) is 41.9 Å². The normalized spacial score (nSPS) is 19.7. The van der Waals surface area contributed by atoms with Gasteiger partial charge in [-0.25, -0.2) is 14.1 Å². The van der Waals surface area contributed by atoms with E-state index >= 15 is 0 Å². The number of ether oxygens (including phenoxy) is 1. The minimum absolute atomic E-state index is 0.219. The fraction of sp³-hybridized carbons (Fsp3) is 0.263. The molecule has 0 aromatic heterocycles. The van der Waals surface area contributed by atoms with Crippen LogP contribution in [0.15, 0.2) is 48.5 Å². The Kier molecular flexibility index (Phi) is 4.07. The number of benzene rings is 2. The summed E-state index contributed by atoms with van der Waals surface area (Å²) in [5.41, 5.74) is 0.109. The van der Waals surface area contributed by atoms with E-state index in [9.17, 15) is 14.0 Å². The van der Waals surface area contributed by atoms with Gasteiger partial charge in [0, 0.05) is 5.56 Å². The minimum Gasteiger partial charge on any atom is -0.443 e. The molecular formula is C19H17ClFNO3. The van der Waals surface area contributed by atoms with Gasteiger partial charge in [0.25, 0.3) is 5.91 Å². The highest BCUT2D eigenvalue weighted by atomic mass is 35.5. The lowest BCUT2D eigenvalue weighted by Crippen LogP contribution is -2.43. The number of imide groups is 1. The van der Waals surface area contributed by atoms with E-state index in [-0.39, 0.29) is 11.3 Å². The van der Waals surface area contributed by atoms with Crippen LogP contribution in [-0.2, 0) is 14.4 Å². The Labute approximate surface area is 150 Å². The predicted molar refractivity (Wildman–Crippen MR) is 93.2 cm³/mol. The lowest BCUT2D eigenvalue weighted by Gasteiger charge is -2.25. The third-order valence-corrected chi connectivity index (χ3v) is 4.40. The molecule has 3 rings (SSSR count). The summed E-state index contributed by atoms with van der Waals surface area (Å²) < 4.78 is 19.2. The molecule has 1 heterocycles. The number of rotatable bonds is 1. The van der Waals surface area contributed by atoms with Crippen LogP contribution in [0.5, 0.6) is 0 Å². The summed E-state index contributed by atoms with van der Waals surface area (Å²) in [6.45, 7) is 5.09. The molecule has 2 aromatic carbocycles. The Morgan fingerprint density at radius 3 is 2.40 bits per heavy atom. The topological polar surface area (TPSA) is 46.6 Å². The lowest BCUT2D eigenvalue weighted by molar-refractivity contribution is -0.119. The Balaban J connectivity index is 2.17. The molecule has 1 aliphatic rings. The molecule has 1 atom stereocenters. The first-order valence-corrected chi connectivity index (χ1v) is 8.14. The van der Waals surface area contributed by atoms with Crippen LogP contribution < -0.4 is 4.90 Å². The average Bonchev–Trinajstić information content (AvgIpc) is 2.76. The van der Waals surface area contributed by atoms with Crippen LogP contribution in [0.3, 0.4) is 0 Å².